The van der Waals surface area contributed by atoms with E-state index in [4.69, 9.17) is 4.74 Å². The van der Waals surface area contributed by atoms with Crippen LogP contribution in [0, 0.1) is 5.92 Å². The summed E-state index contributed by atoms with van der Waals surface area (Å²) in [5.74, 6) is 1.17. The fourth-order valence-electron chi connectivity index (χ4n) is 3.76. The van der Waals surface area contributed by atoms with Gasteiger partial charge in [0.05, 0.1) is 12.7 Å². The smallest absolute Gasteiger partial charge is 0.337 e. The molecule has 1 aromatic heterocycles. The average Bonchev–Trinajstić information content (AvgIpc) is 3.18. The van der Waals surface area contributed by atoms with E-state index in [1.165, 1.54) is 63.5 Å². The van der Waals surface area contributed by atoms with Crippen LogP contribution < -0.4 is 0 Å². The largest absolute Gasteiger partial charge is 0.465 e. The Labute approximate surface area is 160 Å². The summed E-state index contributed by atoms with van der Waals surface area (Å²) >= 11 is 1.70. The molecule has 1 aromatic carbocycles. The van der Waals surface area contributed by atoms with E-state index in [2.05, 4.69) is 17.1 Å². The first kappa shape index (κ1) is 19.0. The van der Waals surface area contributed by atoms with Crippen molar-refractivity contribution in [1.82, 2.24) is 10.2 Å². The highest BCUT2D eigenvalue weighted by molar-refractivity contribution is 7.14. The number of hydrogen-bond donors (Lipinski definition) is 0. The first-order valence-corrected chi connectivity index (χ1v) is 10.5. The van der Waals surface area contributed by atoms with Gasteiger partial charge in [-0.05, 0) is 43.7 Å². The Balaban J connectivity index is 1.57. The molecule has 0 amide bonds. The summed E-state index contributed by atoms with van der Waals surface area (Å²) in [6.45, 7) is 2.27. The minimum Gasteiger partial charge on any atom is -0.465 e. The molecular formula is C21H28N2O2S. The van der Waals surface area contributed by atoms with Gasteiger partial charge in [0.1, 0.15) is 10.0 Å². The standard InChI is InChI=1S/C21H28N2O2S/c1-3-4-5-6-15-7-9-16(10-8-15)19-22-23-20(26-19)17-11-13-18(14-12-17)21(24)25-2/h11-16H,3-10H2,1-2H3/t15-,16-. The topological polar surface area (TPSA) is 52.1 Å². The maximum atomic E-state index is 11.5. The van der Waals surface area contributed by atoms with E-state index in [9.17, 15) is 4.79 Å². The molecule has 0 bridgehead atoms. The lowest BCUT2D eigenvalue weighted by Crippen LogP contribution is -2.13. The van der Waals surface area contributed by atoms with Crippen molar-refractivity contribution in [3.05, 3.63) is 34.8 Å². The van der Waals surface area contributed by atoms with Gasteiger partial charge < -0.3 is 4.74 Å². The van der Waals surface area contributed by atoms with Gasteiger partial charge >= 0.3 is 5.97 Å². The SMILES string of the molecule is CCCCC[C@H]1CC[C@H](c2nnc(-c3ccc(C(=O)OC)cc3)s2)CC1. The van der Waals surface area contributed by atoms with Crippen LogP contribution in [-0.4, -0.2) is 23.3 Å². The molecule has 0 spiro atoms. The molecule has 26 heavy (non-hydrogen) atoms. The zero-order valence-corrected chi connectivity index (χ0v) is 16.6. The number of nitrogens with zero attached hydrogens (tertiary/aromatic N) is 2. The van der Waals surface area contributed by atoms with Crippen LogP contribution in [0.15, 0.2) is 24.3 Å². The van der Waals surface area contributed by atoms with Gasteiger partial charge in [-0.1, -0.05) is 56.1 Å². The lowest BCUT2D eigenvalue weighted by atomic mass is 9.80. The Bertz CT molecular complexity index is 703. The molecule has 3 rings (SSSR count). The Morgan fingerprint density at radius 2 is 1.85 bits per heavy atom. The van der Waals surface area contributed by atoms with Crippen LogP contribution in [0.4, 0.5) is 0 Å². The van der Waals surface area contributed by atoms with Crippen molar-refractivity contribution in [3.63, 3.8) is 0 Å². The number of carbonyl (C=O) groups excluding carboxylic acids is 1. The number of esters is 1. The van der Waals surface area contributed by atoms with Gasteiger partial charge in [0.2, 0.25) is 0 Å². The van der Waals surface area contributed by atoms with Crippen LogP contribution in [0.25, 0.3) is 10.6 Å². The summed E-state index contributed by atoms with van der Waals surface area (Å²) in [6.07, 6.45) is 10.6. The van der Waals surface area contributed by atoms with Crippen LogP contribution in [0.5, 0.6) is 0 Å². The maximum absolute atomic E-state index is 11.5. The van der Waals surface area contributed by atoms with Gasteiger partial charge in [-0.25, -0.2) is 4.79 Å². The van der Waals surface area contributed by atoms with E-state index in [1.54, 1.807) is 23.5 Å². The van der Waals surface area contributed by atoms with E-state index in [1.807, 2.05) is 12.1 Å². The molecule has 0 aliphatic heterocycles. The Kier molecular flexibility index (Phi) is 6.78. The number of unbranched alkanes of at least 4 members (excludes halogenated alkanes) is 2. The van der Waals surface area contributed by atoms with E-state index in [0.717, 1.165) is 16.5 Å². The molecule has 0 N–H and O–H groups in total. The van der Waals surface area contributed by atoms with Crippen molar-refractivity contribution in [1.29, 1.82) is 0 Å². The van der Waals surface area contributed by atoms with E-state index in [0.29, 0.717) is 11.5 Å². The fraction of sp³-hybridized carbons (Fsp3) is 0.571. The van der Waals surface area contributed by atoms with Crippen molar-refractivity contribution in [2.75, 3.05) is 7.11 Å². The van der Waals surface area contributed by atoms with Crippen LogP contribution in [0.1, 0.15) is 79.6 Å². The van der Waals surface area contributed by atoms with Gasteiger partial charge in [0.15, 0.2) is 0 Å². The molecule has 4 nitrogen and oxygen atoms in total. The summed E-state index contributed by atoms with van der Waals surface area (Å²) in [5.41, 5.74) is 1.57. The fourth-order valence-corrected chi connectivity index (χ4v) is 4.78. The number of benzene rings is 1. The van der Waals surface area contributed by atoms with Crippen molar-refractivity contribution in [3.8, 4) is 10.6 Å². The monoisotopic (exact) mass is 372 g/mol. The van der Waals surface area contributed by atoms with Gasteiger partial charge in [0, 0.05) is 11.5 Å². The predicted octanol–water partition coefficient (Wildman–Crippen LogP) is 5.85. The molecule has 0 unspecified atom stereocenters. The highest BCUT2D eigenvalue weighted by Gasteiger charge is 2.25. The third-order valence-corrected chi connectivity index (χ3v) is 6.54. The van der Waals surface area contributed by atoms with Crippen LogP contribution in [-0.2, 0) is 4.74 Å². The highest BCUT2D eigenvalue weighted by atomic mass is 32.1. The number of aromatic nitrogens is 2. The molecule has 5 heteroatoms. The second-order valence-corrected chi connectivity index (χ2v) is 8.24. The van der Waals surface area contributed by atoms with Crippen molar-refractivity contribution < 1.29 is 9.53 Å². The molecule has 1 heterocycles. The van der Waals surface area contributed by atoms with Crippen LogP contribution in [0.2, 0.25) is 0 Å². The average molecular weight is 373 g/mol. The zero-order valence-electron chi connectivity index (χ0n) is 15.7. The third kappa shape index (κ3) is 4.70. The summed E-state index contributed by atoms with van der Waals surface area (Å²) in [5, 5.41) is 11.0. The molecule has 1 aliphatic rings. The minimum absolute atomic E-state index is 0.315. The van der Waals surface area contributed by atoms with Crippen LogP contribution >= 0.6 is 11.3 Å². The molecule has 0 atom stereocenters. The van der Waals surface area contributed by atoms with Gasteiger partial charge in [-0.3, -0.25) is 0 Å². The molecular weight excluding hydrogens is 344 g/mol. The summed E-state index contributed by atoms with van der Waals surface area (Å²) < 4.78 is 4.74. The predicted molar refractivity (Wildman–Crippen MR) is 106 cm³/mol. The zero-order chi connectivity index (χ0) is 18.4. The van der Waals surface area contributed by atoms with Crippen molar-refractivity contribution in [2.24, 2.45) is 5.92 Å². The highest BCUT2D eigenvalue weighted by Crippen LogP contribution is 2.39. The van der Waals surface area contributed by atoms with Crippen molar-refractivity contribution >= 4 is 17.3 Å². The van der Waals surface area contributed by atoms with Crippen molar-refractivity contribution in [2.45, 2.75) is 64.2 Å². The first-order valence-electron chi connectivity index (χ1n) is 9.73. The van der Waals surface area contributed by atoms with E-state index in [-0.39, 0.29) is 5.97 Å². The Morgan fingerprint density at radius 3 is 2.50 bits per heavy atom. The third-order valence-electron chi connectivity index (χ3n) is 5.41. The Hall–Kier alpha value is -1.75. The van der Waals surface area contributed by atoms with Gasteiger partial charge in [-0.2, -0.15) is 0 Å². The number of rotatable bonds is 7. The lowest BCUT2D eigenvalue weighted by molar-refractivity contribution is 0.0601. The number of methoxy groups -OCH3 is 1. The minimum atomic E-state index is -0.315. The van der Waals surface area contributed by atoms with Crippen LogP contribution in [0.3, 0.4) is 0 Å². The molecule has 1 aliphatic carbocycles. The molecule has 2 aromatic rings. The van der Waals surface area contributed by atoms with Gasteiger partial charge in [-0.15, -0.1) is 10.2 Å². The maximum Gasteiger partial charge on any atom is 0.337 e. The Morgan fingerprint density at radius 1 is 1.12 bits per heavy atom. The van der Waals surface area contributed by atoms with Gasteiger partial charge in [0.25, 0.3) is 0 Å². The molecule has 0 radical (unpaired) electrons. The first-order chi connectivity index (χ1) is 12.7. The molecule has 0 saturated heterocycles. The second-order valence-electron chi connectivity index (χ2n) is 7.23. The molecule has 140 valence electrons. The summed E-state index contributed by atoms with van der Waals surface area (Å²) in [7, 11) is 1.39. The van der Waals surface area contributed by atoms with E-state index >= 15 is 0 Å². The molecule has 1 fully saturated rings. The molecule has 1 saturated carbocycles. The summed E-state index contributed by atoms with van der Waals surface area (Å²) in [4.78, 5) is 11.5. The number of ether oxygens (including phenoxy) is 1. The normalized spacial score (nSPS) is 20.1. The van der Waals surface area contributed by atoms with E-state index < -0.39 is 0 Å². The quantitative estimate of drug-likeness (QED) is 0.452. The second kappa shape index (κ2) is 9.26. The summed E-state index contributed by atoms with van der Waals surface area (Å²) in [6, 6.07) is 7.40. The number of carbonyl (C=O) groups is 1. The lowest BCUT2D eigenvalue weighted by Gasteiger charge is -2.27. The number of hydrogen-bond acceptors (Lipinski definition) is 5.